The van der Waals surface area contributed by atoms with Crippen LogP contribution in [0.1, 0.15) is 43.2 Å². The number of carboxylic acids is 1. The van der Waals surface area contributed by atoms with Gasteiger partial charge in [0, 0.05) is 12.2 Å². The molecule has 0 heterocycles. The van der Waals surface area contributed by atoms with Crippen molar-refractivity contribution in [2.75, 3.05) is 0 Å². The van der Waals surface area contributed by atoms with E-state index in [0.717, 1.165) is 37.9 Å². The minimum absolute atomic E-state index is 0.301. The molecule has 1 aromatic rings. The van der Waals surface area contributed by atoms with Crippen LogP contribution in [-0.2, 0) is 17.0 Å². The van der Waals surface area contributed by atoms with Crippen LogP contribution in [0.3, 0.4) is 0 Å². The Morgan fingerprint density at radius 1 is 1.12 bits per heavy atom. The Morgan fingerprint density at radius 3 is 2.53 bits per heavy atom. The van der Waals surface area contributed by atoms with Gasteiger partial charge in [0.1, 0.15) is 0 Å². The van der Waals surface area contributed by atoms with Crippen LogP contribution in [-0.4, -0.2) is 11.1 Å². The summed E-state index contributed by atoms with van der Waals surface area (Å²) in [7, 11) is 0. The Morgan fingerprint density at radius 2 is 1.82 bits per heavy atom. The fraction of sp³-hybridized carbons (Fsp3) is 0.500. The third-order valence-corrected chi connectivity index (χ3v) is 3.15. The lowest BCUT2D eigenvalue weighted by atomic mass is 10.0. The summed E-state index contributed by atoms with van der Waals surface area (Å²) in [6, 6.07) is 8.50. The second kappa shape index (κ2) is 8.18. The molecular formula is C14H20O2S. The molecule has 0 atom stereocenters. The number of carboxylic acid groups (broad SMARTS) is 1. The first-order valence-electron chi connectivity index (χ1n) is 6.13. The molecule has 1 aromatic carbocycles. The molecule has 0 saturated carbocycles. The molecule has 0 fully saturated rings. The summed E-state index contributed by atoms with van der Waals surface area (Å²) >= 11 is 4.26. The van der Waals surface area contributed by atoms with Gasteiger partial charge in [-0.25, -0.2) is 0 Å². The third-order valence-electron chi connectivity index (χ3n) is 2.78. The van der Waals surface area contributed by atoms with Gasteiger partial charge in [-0.15, -0.1) is 0 Å². The average molecular weight is 252 g/mol. The van der Waals surface area contributed by atoms with Crippen LogP contribution in [0, 0.1) is 0 Å². The number of unbranched alkanes of at least 4 members (excludes halogenated alkanes) is 3. The maximum absolute atomic E-state index is 10.3. The van der Waals surface area contributed by atoms with E-state index >= 15 is 0 Å². The molecule has 0 aliphatic carbocycles. The van der Waals surface area contributed by atoms with Crippen molar-refractivity contribution in [2.24, 2.45) is 0 Å². The van der Waals surface area contributed by atoms with E-state index in [1.807, 2.05) is 0 Å². The first-order valence-corrected chi connectivity index (χ1v) is 6.76. The minimum atomic E-state index is -0.688. The number of aryl methyl sites for hydroxylation is 1. The van der Waals surface area contributed by atoms with E-state index in [9.17, 15) is 4.79 Å². The molecule has 0 bridgehead atoms. The minimum Gasteiger partial charge on any atom is -0.481 e. The summed E-state index contributed by atoms with van der Waals surface area (Å²) in [6.07, 6.45) is 5.43. The molecule has 1 N–H and O–H groups in total. The number of benzene rings is 1. The fourth-order valence-electron chi connectivity index (χ4n) is 1.84. The zero-order valence-corrected chi connectivity index (χ0v) is 11.0. The smallest absolute Gasteiger partial charge is 0.303 e. The largest absolute Gasteiger partial charge is 0.481 e. The zero-order chi connectivity index (χ0) is 12.5. The number of hydrogen-bond acceptors (Lipinski definition) is 2. The van der Waals surface area contributed by atoms with Crippen molar-refractivity contribution < 1.29 is 9.90 Å². The van der Waals surface area contributed by atoms with Gasteiger partial charge in [-0.2, -0.15) is 12.6 Å². The number of thiol groups is 1. The van der Waals surface area contributed by atoms with Crippen molar-refractivity contribution in [3.63, 3.8) is 0 Å². The third kappa shape index (κ3) is 6.37. The van der Waals surface area contributed by atoms with Gasteiger partial charge in [0.2, 0.25) is 0 Å². The molecule has 0 spiro atoms. The predicted molar refractivity (Wildman–Crippen MR) is 73.6 cm³/mol. The highest BCUT2D eigenvalue weighted by molar-refractivity contribution is 7.79. The lowest BCUT2D eigenvalue weighted by Gasteiger charge is -2.03. The predicted octanol–water partition coefficient (Wildman–Crippen LogP) is 3.69. The van der Waals surface area contributed by atoms with Gasteiger partial charge in [-0.05, 0) is 30.4 Å². The summed E-state index contributed by atoms with van der Waals surface area (Å²) in [5.74, 6) is 0.0957. The number of carbonyl (C=O) groups is 1. The molecule has 1 rings (SSSR count). The second-order valence-electron chi connectivity index (χ2n) is 4.29. The second-order valence-corrected chi connectivity index (χ2v) is 4.60. The van der Waals surface area contributed by atoms with Crippen LogP contribution in [0.2, 0.25) is 0 Å². The maximum Gasteiger partial charge on any atom is 0.303 e. The van der Waals surface area contributed by atoms with Crippen LogP contribution in [0.25, 0.3) is 0 Å². The van der Waals surface area contributed by atoms with Crippen LogP contribution >= 0.6 is 12.6 Å². The Kier molecular flexibility index (Phi) is 6.78. The standard InChI is InChI=1S/C14H20O2S/c15-14(16)9-4-2-1-3-6-12-7-5-8-13(10-12)11-17/h5,7-8,10,17H,1-4,6,9,11H2,(H,15,16). The van der Waals surface area contributed by atoms with E-state index in [2.05, 4.69) is 36.9 Å². The van der Waals surface area contributed by atoms with E-state index in [-0.39, 0.29) is 0 Å². The van der Waals surface area contributed by atoms with E-state index < -0.39 is 5.97 Å². The van der Waals surface area contributed by atoms with E-state index in [1.165, 1.54) is 11.1 Å². The molecular weight excluding hydrogens is 232 g/mol. The first-order chi connectivity index (χ1) is 8.22. The van der Waals surface area contributed by atoms with Crippen LogP contribution in [0.4, 0.5) is 0 Å². The number of rotatable bonds is 8. The molecule has 0 aromatic heterocycles. The molecule has 17 heavy (non-hydrogen) atoms. The van der Waals surface area contributed by atoms with E-state index in [0.29, 0.717) is 6.42 Å². The van der Waals surface area contributed by atoms with Gasteiger partial charge >= 0.3 is 5.97 Å². The first kappa shape index (κ1) is 14.1. The van der Waals surface area contributed by atoms with Crippen molar-refractivity contribution in [3.05, 3.63) is 35.4 Å². The van der Waals surface area contributed by atoms with Gasteiger partial charge in [0.15, 0.2) is 0 Å². The number of hydrogen-bond donors (Lipinski definition) is 2. The molecule has 3 heteroatoms. The van der Waals surface area contributed by atoms with Crippen molar-refractivity contribution in [3.8, 4) is 0 Å². The summed E-state index contributed by atoms with van der Waals surface area (Å²) in [6.45, 7) is 0. The molecule has 0 aliphatic heterocycles. The monoisotopic (exact) mass is 252 g/mol. The Labute approximate surface area is 108 Å². The Bertz CT molecular complexity index is 350. The zero-order valence-electron chi connectivity index (χ0n) is 10.1. The van der Waals surface area contributed by atoms with Gasteiger partial charge in [-0.3, -0.25) is 4.79 Å². The summed E-state index contributed by atoms with van der Waals surface area (Å²) in [5, 5.41) is 8.50. The molecule has 0 radical (unpaired) electrons. The Balaban J connectivity index is 2.15. The van der Waals surface area contributed by atoms with Gasteiger partial charge in [0.05, 0.1) is 0 Å². The van der Waals surface area contributed by atoms with Crippen LogP contribution in [0.5, 0.6) is 0 Å². The average Bonchev–Trinajstić information content (AvgIpc) is 2.33. The quantitative estimate of drug-likeness (QED) is 0.547. The fourth-order valence-corrected chi connectivity index (χ4v) is 2.04. The van der Waals surface area contributed by atoms with Crippen molar-refractivity contribution in [2.45, 2.75) is 44.3 Å². The van der Waals surface area contributed by atoms with Gasteiger partial charge < -0.3 is 5.11 Å². The summed E-state index contributed by atoms with van der Waals surface area (Å²) in [4.78, 5) is 10.3. The Hall–Kier alpha value is -0.960. The molecule has 0 unspecified atom stereocenters. The molecule has 2 nitrogen and oxygen atoms in total. The van der Waals surface area contributed by atoms with Gasteiger partial charge in [-0.1, -0.05) is 37.1 Å². The van der Waals surface area contributed by atoms with Crippen molar-refractivity contribution >= 4 is 18.6 Å². The molecule has 0 saturated heterocycles. The summed E-state index contributed by atoms with van der Waals surface area (Å²) in [5.41, 5.74) is 2.62. The highest BCUT2D eigenvalue weighted by Crippen LogP contribution is 2.12. The number of aliphatic carboxylic acids is 1. The van der Waals surface area contributed by atoms with Gasteiger partial charge in [0.25, 0.3) is 0 Å². The SMILES string of the molecule is O=C(O)CCCCCCc1cccc(CS)c1. The van der Waals surface area contributed by atoms with Crippen molar-refractivity contribution in [1.82, 2.24) is 0 Å². The molecule has 94 valence electrons. The van der Waals surface area contributed by atoms with Crippen LogP contribution < -0.4 is 0 Å². The highest BCUT2D eigenvalue weighted by Gasteiger charge is 1.98. The summed E-state index contributed by atoms with van der Waals surface area (Å²) < 4.78 is 0. The normalized spacial score (nSPS) is 10.4. The molecule has 0 aliphatic rings. The van der Waals surface area contributed by atoms with E-state index in [1.54, 1.807) is 0 Å². The van der Waals surface area contributed by atoms with E-state index in [4.69, 9.17) is 5.11 Å². The maximum atomic E-state index is 10.3. The highest BCUT2D eigenvalue weighted by atomic mass is 32.1. The van der Waals surface area contributed by atoms with Crippen molar-refractivity contribution in [1.29, 1.82) is 0 Å². The lowest BCUT2D eigenvalue weighted by Crippen LogP contribution is -1.94. The molecule has 0 amide bonds. The lowest BCUT2D eigenvalue weighted by molar-refractivity contribution is -0.137. The topological polar surface area (TPSA) is 37.3 Å². The van der Waals surface area contributed by atoms with Crippen LogP contribution in [0.15, 0.2) is 24.3 Å².